The maximum atomic E-state index is 12.6. The lowest BCUT2D eigenvalue weighted by atomic mass is 9.79. The summed E-state index contributed by atoms with van der Waals surface area (Å²) in [6, 6.07) is 51.6. The van der Waals surface area contributed by atoms with E-state index in [-0.39, 0.29) is 27.4 Å². The molecular formula is C65H65N3O2. The standard InChI is InChI=1S/C65H65N3O2/c1-62(2,3)39-40-25-27-42(28-26-40)57-38-51-56(70-57)31-32-66-58(51)44-33-43-21-16-17-22-47(43)50(34-44)48-23-18-24-55-59(48)67-61(52-36-46(64(7,8)9)37-53(60(52)69)65(10,11)12)68(55)54-30-29-45(63(4,5)6)35-49(54)41-19-14-13-15-20-41/h13-38,69H,39H2,1-12H3/i38D. The SMILES string of the molecule is [2H]c1c(-c2ccc(CC(C)(C)C)cc2)oc2ccnc(-c3cc(-c4cccc5c4nc(-c4cc(C(C)(C)C)cc(C(C)(C)C)c4O)n5-c4ccc(C(C)(C)C)cc4-c4ccccc4)c4ccccc4c3)c12. The molecule has 10 rings (SSSR count). The van der Waals surface area contributed by atoms with E-state index in [1.54, 1.807) is 6.20 Å². The average Bonchev–Trinajstić information content (AvgIpc) is 3.88. The van der Waals surface area contributed by atoms with E-state index in [1.807, 2.05) is 6.07 Å². The van der Waals surface area contributed by atoms with Crippen LogP contribution in [-0.2, 0) is 22.7 Å². The highest BCUT2D eigenvalue weighted by Gasteiger charge is 2.30. The first-order chi connectivity index (χ1) is 33.5. The maximum Gasteiger partial charge on any atom is 0.149 e. The zero-order chi connectivity index (χ0) is 50.4. The highest BCUT2D eigenvalue weighted by atomic mass is 16.3. The van der Waals surface area contributed by atoms with Gasteiger partial charge in [-0.3, -0.25) is 9.55 Å². The van der Waals surface area contributed by atoms with Gasteiger partial charge in [0.25, 0.3) is 0 Å². The molecule has 1 N–H and O–H groups in total. The van der Waals surface area contributed by atoms with E-state index in [1.165, 1.54) is 11.1 Å². The van der Waals surface area contributed by atoms with Crippen molar-refractivity contribution in [2.45, 2.75) is 106 Å². The van der Waals surface area contributed by atoms with Crippen molar-refractivity contribution in [1.82, 2.24) is 14.5 Å². The van der Waals surface area contributed by atoms with E-state index in [9.17, 15) is 6.48 Å². The molecule has 0 aliphatic carbocycles. The van der Waals surface area contributed by atoms with Gasteiger partial charge in [0, 0.05) is 39.4 Å². The van der Waals surface area contributed by atoms with Crippen molar-refractivity contribution in [3.05, 3.63) is 180 Å². The Morgan fingerprint density at radius 3 is 1.97 bits per heavy atom. The van der Waals surface area contributed by atoms with Crippen molar-refractivity contribution >= 4 is 32.8 Å². The number of para-hydroxylation sites is 1. The van der Waals surface area contributed by atoms with Crippen molar-refractivity contribution in [1.29, 1.82) is 0 Å². The van der Waals surface area contributed by atoms with Crippen LogP contribution in [0.2, 0.25) is 0 Å². The third-order valence-electron chi connectivity index (χ3n) is 13.6. The Hall–Kier alpha value is -7.24. The summed E-state index contributed by atoms with van der Waals surface area (Å²) >= 11 is 0. The lowest BCUT2D eigenvalue weighted by molar-refractivity contribution is 0.411. The molecule has 5 nitrogen and oxygen atoms in total. The highest BCUT2D eigenvalue weighted by molar-refractivity contribution is 6.08. The summed E-state index contributed by atoms with van der Waals surface area (Å²) in [4.78, 5) is 10.7. The molecule has 7 aromatic carbocycles. The Kier molecular flexibility index (Phi) is 11.0. The number of phenols is 1. The zero-order valence-corrected chi connectivity index (χ0v) is 42.8. The third kappa shape index (κ3) is 8.72. The van der Waals surface area contributed by atoms with E-state index in [0.717, 1.165) is 78.4 Å². The molecule has 0 spiro atoms. The normalized spacial score (nSPS) is 12.9. The zero-order valence-electron chi connectivity index (χ0n) is 43.8. The first kappa shape index (κ1) is 45.2. The molecule has 0 amide bonds. The number of pyridine rings is 1. The van der Waals surface area contributed by atoms with Crippen molar-refractivity contribution in [2.75, 3.05) is 0 Å². The van der Waals surface area contributed by atoms with Crippen molar-refractivity contribution in [2.24, 2.45) is 5.41 Å². The van der Waals surface area contributed by atoms with Crippen LogP contribution in [0.4, 0.5) is 0 Å². The first-order valence-corrected chi connectivity index (χ1v) is 24.7. The molecule has 10 aromatic rings. The number of aromatic nitrogens is 3. The summed E-state index contributed by atoms with van der Waals surface area (Å²) in [5.74, 6) is 1.42. The van der Waals surface area contributed by atoms with Crippen LogP contribution < -0.4 is 0 Å². The molecule has 0 atom stereocenters. The number of rotatable bonds is 7. The second-order valence-electron chi connectivity index (χ2n) is 23.5. The topological polar surface area (TPSA) is 64.1 Å². The Morgan fingerprint density at radius 1 is 0.571 bits per heavy atom. The smallest absolute Gasteiger partial charge is 0.149 e. The molecule has 5 heteroatoms. The number of fused-ring (bicyclic) bond motifs is 3. The Balaban J connectivity index is 1.25. The summed E-state index contributed by atoms with van der Waals surface area (Å²) in [7, 11) is 0. The fraction of sp³-hybridized carbons (Fsp3) is 0.262. The monoisotopic (exact) mass is 921 g/mol. The van der Waals surface area contributed by atoms with Gasteiger partial charge in [-0.15, -0.1) is 0 Å². The molecule has 0 fully saturated rings. The number of nitrogens with zero attached hydrogens (tertiary/aromatic N) is 3. The fourth-order valence-corrected chi connectivity index (χ4v) is 9.90. The summed E-state index contributed by atoms with van der Waals surface area (Å²) in [5, 5.41) is 15.4. The van der Waals surface area contributed by atoms with Gasteiger partial charge < -0.3 is 9.52 Å². The minimum atomic E-state index is -0.354. The molecule has 0 saturated carbocycles. The van der Waals surface area contributed by atoms with Gasteiger partial charge in [-0.25, -0.2) is 4.98 Å². The quantitative estimate of drug-likeness (QED) is 0.173. The summed E-state index contributed by atoms with van der Waals surface area (Å²) in [6.07, 6.45) is 2.73. The second kappa shape index (κ2) is 17.0. The molecule has 3 aromatic heterocycles. The van der Waals surface area contributed by atoms with E-state index in [4.69, 9.17) is 14.4 Å². The number of benzene rings is 7. The molecule has 70 heavy (non-hydrogen) atoms. The fourth-order valence-electron chi connectivity index (χ4n) is 9.90. The minimum absolute atomic E-state index is 0.0997. The molecule has 0 aliphatic heterocycles. The Labute approximate surface area is 415 Å². The number of phenolic OH excluding ortho intramolecular Hbond substituents is 1. The number of hydrogen-bond acceptors (Lipinski definition) is 4. The lowest BCUT2D eigenvalue weighted by Crippen LogP contribution is -2.17. The van der Waals surface area contributed by atoms with Crippen LogP contribution in [0.1, 0.15) is 107 Å². The first-order valence-electron chi connectivity index (χ1n) is 25.2. The van der Waals surface area contributed by atoms with Gasteiger partial charge in [-0.2, -0.15) is 0 Å². The number of furan rings is 1. The van der Waals surface area contributed by atoms with Gasteiger partial charge in [-0.05, 0) is 115 Å². The summed E-state index contributed by atoms with van der Waals surface area (Å²) < 4.78 is 18.4. The molecule has 0 saturated heterocycles. The van der Waals surface area contributed by atoms with Crippen LogP contribution in [0.3, 0.4) is 0 Å². The number of imidazole rings is 1. The predicted molar refractivity (Wildman–Crippen MR) is 294 cm³/mol. The molecule has 352 valence electrons. The largest absolute Gasteiger partial charge is 0.507 e. The van der Waals surface area contributed by atoms with Crippen LogP contribution in [0.15, 0.2) is 162 Å². The summed E-state index contributed by atoms with van der Waals surface area (Å²) in [5.41, 5.74) is 14.5. The molecule has 0 bridgehead atoms. The van der Waals surface area contributed by atoms with Crippen molar-refractivity contribution < 1.29 is 10.9 Å². The van der Waals surface area contributed by atoms with E-state index >= 15 is 0 Å². The van der Waals surface area contributed by atoms with Crippen LogP contribution in [-0.4, -0.2) is 19.6 Å². The van der Waals surface area contributed by atoms with E-state index in [0.29, 0.717) is 39.9 Å². The Morgan fingerprint density at radius 2 is 1.27 bits per heavy atom. The molecule has 0 aliphatic rings. The predicted octanol–water partition coefficient (Wildman–Crippen LogP) is 17.8. The number of hydrogen-bond donors (Lipinski definition) is 1. The average molecular weight is 921 g/mol. The van der Waals surface area contributed by atoms with Gasteiger partial charge >= 0.3 is 0 Å². The Bertz CT molecular complexity index is 3660. The van der Waals surface area contributed by atoms with Crippen LogP contribution in [0.5, 0.6) is 5.75 Å². The molecule has 3 heterocycles. The van der Waals surface area contributed by atoms with Gasteiger partial charge in [0.2, 0.25) is 0 Å². The van der Waals surface area contributed by atoms with E-state index in [2.05, 4.69) is 227 Å². The second-order valence-corrected chi connectivity index (χ2v) is 23.5. The lowest BCUT2D eigenvalue weighted by Gasteiger charge is -2.28. The highest BCUT2D eigenvalue weighted by Crippen LogP contribution is 2.47. The van der Waals surface area contributed by atoms with Gasteiger partial charge in [0.15, 0.2) is 0 Å². The molecule has 0 unspecified atom stereocenters. The van der Waals surface area contributed by atoms with E-state index < -0.39 is 0 Å². The summed E-state index contributed by atoms with van der Waals surface area (Å²) in [6.45, 7) is 26.6. The van der Waals surface area contributed by atoms with Crippen LogP contribution >= 0.6 is 0 Å². The van der Waals surface area contributed by atoms with Crippen molar-refractivity contribution in [3.8, 4) is 67.7 Å². The number of aromatic hydroxyl groups is 1. The van der Waals surface area contributed by atoms with Gasteiger partial charge in [-0.1, -0.05) is 186 Å². The van der Waals surface area contributed by atoms with Gasteiger partial charge in [0.05, 0.1) is 29.3 Å². The van der Waals surface area contributed by atoms with Gasteiger partial charge in [0.1, 0.15) is 22.9 Å². The molecular weight excluding hydrogens is 855 g/mol. The third-order valence-corrected chi connectivity index (χ3v) is 13.6. The van der Waals surface area contributed by atoms with Crippen LogP contribution in [0.25, 0.3) is 94.7 Å². The van der Waals surface area contributed by atoms with Crippen molar-refractivity contribution in [3.63, 3.8) is 0 Å². The minimum Gasteiger partial charge on any atom is -0.507 e. The molecule has 0 radical (unpaired) electrons. The maximum absolute atomic E-state index is 12.6. The van der Waals surface area contributed by atoms with Crippen LogP contribution in [0, 0.1) is 5.41 Å².